The van der Waals surface area contributed by atoms with E-state index in [0.29, 0.717) is 34.4 Å². The van der Waals surface area contributed by atoms with E-state index in [1.807, 2.05) is 17.9 Å². The maximum atomic E-state index is 12.2. The maximum absolute atomic E-state index is 12.2. The fourth-order valence-corrected chi connectivity index (χ4v) is 4.74. The highest BCUT2D eigenvalue weighted by Gasteiger charge is 2.37. The normalized spacial score (nSPS) is 18.5. The molecule has 0 spiro atoms. The molecule has 0 unspecified atom stereocenters. The van der Waals surface area contributed by atoms with Crippen LogP contribution in [0.1, 0.15) is 37.4 Å². The number of urea groups is 1. The molecular weight excluding hydrogens is 434 g/mol. The van der Waals surface area contributed by atoms with E-state index in [-0.39, 0.29) is 25.2 Å². The zero-order valence-electron chi connectivity index (χ0n) is 18.4. The Morgan fingerprint density at radius 2 is 2.19 bits per heavy atom. The fourth-order valence-electron chi connectivity index (χ4n) is 3.70. The third-order valence-electron chi connectivity index (χ3n) is 5.26. The molecule has 2 atom stereocenters. The molecule has 3 aromatic rings. The number of oxazole rings is 1. The molecule has 1 aliphatic rings. The highest BCUT2D eigenvalue weighted by Crippen LogP contribution is 2.41. The van der Waals surface area contributed by atoms with E-state index in [0.717, 1.165) is 10.6 Å². The van der Waals surface area contributed by atoms with Crippen LogP contribution in [-0.2, 0) is 6.42 Å². The quantitative estimate of drug-likeness (QED) is 0.440. The van der Waals surface area contributed by atoms with Crippen LogP contribution in [-0.4, -0.2) is 58.1 Å². The van der Waals surface area contributed by atoms with Gasteiger partial charge in [0.25, 0.3) is 6.01 Å². The summed E-state index contributed by atoms with van der Waals surface area (Å²) in [4.78, 5) is 24.2. The van der Waals surface area contributed by atoms with Gasteiger partial charge in [-0.25, -0.2) is 9.78 Å². The summed E-state index contributed by atoms with van der Waals surface area (Å²) < 4.78 is 11.3. The second-order valence-electron chi connectivity index (χ2n) is 8.40. The van der Waals surface area contributed by atoms with E-state index in [4.69, 9.17) is 9.15 Å². The van der Waals surface area contributed by atoms with Gasteiger partial charge in [-0.3, -0.25) is 5.32 Å². The van der Waals surface area contributed by atoms with Crippen LogP contribution in [0.3, 0.4) is 0 Å². The summed E-state index contributed by atoms with van der Waals surface area (Å²) in [5.74, 6) is 0.686. The number of rotatable bonds is 6. The van der Waals surface area contributed by atoms with Crippen LogP contribution in [0.4, 0.5) is 15.9 Å². The van der Waals surface area contributed by atoms with Crippen molar-refractivity contribution in [1.82, 2.24) is 15.3 Å². The van der Waals surface area contributed by atoms with Crippen LogP contribution < -0.4 is 20.3 Å². The van der Waals surface area contributed by atoms with Gasteiger partial charge < -0.3 is 29.6 Å². The predicted octanol–water partition coefficient (Wildman–Crippen LogP) is 2.67. The van der Waals surface area contributed by atoms with Gasteiger partial charge in [-0.2, -0.15) is 4.98 Å². The number of hydrogen-bond donors (Lipinski definition) is 4. The number of methoxy groups -OCH3 is 1. The lowest BCUT2D eigenvalue weighted by Gasteiger charge is -2.37. The molecule has 0 radical (unpaired) electrons. The first-order valence-corrected chi connectivity index (χ1v) is 11.1. The van der Waals surface area contributed by atoms with Crippen LogP contribution in [0.5, 0.6) is 5.75 Å². The monoisotopic (exact) mass is 461 g/mol. The third-order valence-corrected chi connectivity index (χ3v) is 6.45. The lowest BCUT2D eigenvalue weighted by molar-refractivity contribution is 0.0826. The Labute approximate surface area is 189 Å². The Hall–Kier alpha value is -2.89. The fraction of sp³-hybridized carbons (Fsp3) is 0.476. The number of anilines is 2. The molecule has 11 heteroatoms. The molecule has 1 aliphatic heterocycles. The molecule has 172 valence electrons. The first kappa shape index (κ1) is 22.3. The van der Waals surface area contributed by atoms with Crippen LogP contribution in [0.25, 0.3) is 11.1 Å². The molecule has 0 aliphatic carbocycles. The van der Waals surface area contributed by atoms with Crippen molar-refractivity contribution in [2.45, 2.75) is 44.9 Å². The van der Waals surface area contributed by atoms with Gasteiger partial charge in [0.1, 0.15) is 11.3 Å². The standard InChI is InChI=1S/C21H27N5O5S/c1-11-17-15(23-19(32-17)25-18(28)22-10-21(2,3)29)7-12(9-27)26(11)20-24-14-8-13(30-4)5-6-16(14)31-20/h5-6,8,11-12,27,29H,7,9-10H2,1-4H3,(H2,22,23,25,28)/t11-,12-/m0/s1. The summed E-state index contributed by atoms with van der Waals surface area (Å²) in [5, 5.41) is 25.6. The number of aliphatic hydroxyl groups excluding tert-OH is 1. The zero-order valence-corrected chi connectivity index (χ0v) is 19.2. The van der Waals surface area contributed by atoms with Crippen molar-refractivity contribution in [2.24, 2.45) is 0 Å². The van der Waals surface area contributed by atoms with Crippen LogP contribution in [0.15, 0.2) is 22.6 Å². The van der Waals surface area contributed by atoms with E-state index in [2.05, 4.69) is 20.6 Å². The van der Waals surface area contributed by atoms with Crippen molar-refractivity contribution >= 4 is 39.6 Å². The van der Waals surface area contributed by atoms with E-state index in [1.165, 1.54) is 11.3 Å². The van der Waals surface area contributed by atoms with Crippen molar-refractivity contribution in [3.63, 3.8) is 0 Å². The lowest BCUT2D eigenvalue weighted by atomic mass is 10.00. The third kappa shape index (κ3) is 4.50. The highest BCUT2D eigenvalue weighted by atomic mass is 32.1. The topological polar surface area (TPSA) is 133 Å². The molecule has 3 heterocycles. The molecule has 2 aromatic heterocycles. The van der Waals surface area contributed by atoms with E-state index >= 15 is 0 Å². The summed E-state index contributed by atoms with van der Waals surface area (Å²) in [7, 11) is 1.60. The average Bonchev–Trinajstić information content (AvgIpc) is 3.34. The average molecular weight is 462 g/mol. The Morgan fingerprint density at radius 1 is 1.41 bits per heavy atom. The molecular formula is C21H27N5O5S. The molecule has 0 saturated carbocycles. The molecule has 2 amide bonds. The highest BCUT2D eigenvalue weighted by molar-refractivity contribution is 7.16. The molecule has 1 aromatic carbocycles. The molecule has 4 rings (SSSR count). The number of benzene rings is 1. The Balaban J connectivity index is 1.57. The van der Waals surface area contributed by atoms with Gasteiger partial charge in [0.2, 0.25) is 0 Å². The number of carbonyl (C=O) groups is 1. The van der Waals surface area contributed by atoms with Gasteiger partial charge in [-0.15, -0.1) is 0 Å². The summed E-state index contributed by atoms with van der Waals surface area (Å²) in [5.41, 5.74) is 1.12. The van der Waals surface area contributed by atoms with Gasteiger partial charge in [-0.1, -0.05) is 11.3 Å². The second-order valence-corrected chi connectivity index (χ2v) is 9.43. The summed E-state index contributed by atoms with van der Waals surface area (Å²) >= 11 is 1.37. The molecule has 32 heavy (non-hydrogen) atoms. The van der Waals surface area contributed by atoms with Gasteiger partial charge in [-0.05, 0) is 32.9 Å². The molecule has 4 N–H and O–H groups in total. The van der Waals surface area contributed by atoms with Crippen molar-refractivity contribution in [1.29, 1.82) is 0 Å². The van der Waals surface area contributed by atoms with Gasteiger partial charge >= 0.3 is 6.03 Å². The Kier molecular flexibility index (Phi) is 5.97. The molecule has 0 fully saturated rings. The van der Waals surface area contributed by atoms with E-state index in [1.54, 1.807) is 33.1 Å². The van der Waals surface area contributed by atoms with Gasteiger partial charge in [0, 0.05) is 19.0 Å². The molecule has 0 saturated heterocycles. The first-order chi connectivity index (χ1) is 15.2. The van der Waals surface area contributed by atoms with Gasteiger partial charge in [0.15, 0.2) is 10.7 Å². The van der Waals surface area contributed by atoms with Crippen LogP contribution in [0.2, 0.25) is 0 Å². The first-order valence-electron chi connectivity index (χ1n) is 10.3. The number of aliphatic hydroxyl groups is 2. The Morgan fingerprint density at radius 3 is 2.88 bits per heavy atom. The number of fused-ring (bicyclic) bond motifs is 2. The number of amides is 2. The number of hydrogen-bond acceptors (Lipinski definition) is 9. The van der Waals surface area contributed by atoms with Crippen LogP contribution >= 0.6 is 11.3 Å². The number of ether oxygens (including phenoxy) is 1. The van der Waals surface area contributed by atoms with Crippen molar-refractivity contribution in [2.75, 3.05) is 30.5 Å². The number of thiazole rings is 1. The molecule has 10 nitrogen and oxygen atoms in total. The SMILES string of the molecule is COc1ccc2oc(N3[C@H](CO)Cc4nc(NC(=O)NCC(C)(C)O)sc4[C@@H]3C)nc2c1. The van der Waals surface area contributed by atoms with Crippen LogP contribution in [0, 0.1) is 0 Å². The summed E-state index contributed by atoms with van der Waals surface area (Å²) in [6.07, 6.45) is 0.488. The largest absolute Gasteiger partial charge is 0.497 e. The zero-order chi connectivity index (χ0) is 23.0. The van der Waals surface area contributed by atoms with Crippen molar-refractivity contribution in [3.8, 4) is 5.75 Å². The van der Waals surface area contributed by atoms with Gasteiger partial charge in [0.05, 0.1) is 42.0 Å². The lowest BCUT2D eigenvalue weighted by Crippen LogP contribution is -2.45. The molecule has 0 bridgehead atoms. The minimum atomic E-state index is -1.01. The maximum Gasteiger partial charge on any atom is 0.321 e. The Bertz CT molecular complexity index is 1120. The number of nitrogens with one attached hydrogen (secondary N) is 2. The summed E-state index contributed by atoms with van der Waals surface area (Å²) in [6.45, 7) is 5.24. The number of nitrogens with zero attached hydrogens (tertiary/aromatic N) is 3. The van der Waals surface area contributed by atoms with Crippen molar-refractivity contribution in [3.05, 3.63) is 28.8 Å². The van der Waals surface area contributed by atoms with Crippen molar-refractivity contribution < 1.29 is 24.2 Å². The second kappa shape index (κ2) is 8.57. The minimum absolute atomic E-state index is 0.0990. The predicted molar refractivity (Wildman–Crippen MR) is 121 cm³/mol. The minimum Gasteiger partial charge on any atom is -0.497 e. The number of aromatic nitrogens is 2. The smallest absolute Gasteiger partial charge is 0.321 e. The number of carbonyl (C=O) groups excluding carboxylic acids is 1. The summed E-state index contributed by atoms with van der Waals surface area (Å²) in [6, 6.07) is 4.95. The van der Waals surface area contributed by atoms with E-state index in [9.17, 15) is 15.0 Å². The van der Waals surface area contributed by atoms with E-state index < -0.39 is 11.6 Å².